The SMILES string of the molecule is CCCC(NC1CCN(C)C1)c1cccs1. The Labute approximate surface area is 103 Å². The predicted octanol–water partition coefficient (Wildman–Crippen LogP) is 2.88. The molecule has 0 spiro atoms. The van der Waals surface area contributed by atoms with Crippen molar-refractivity contribution in [2.24, 2.45) is 0 Å². The van der Waals surface area contributed by atoms with Crippen LogP contribution in [0.2, 0.25) is 0 Å². The third-order valence-corrected chi connectivity index (χ3v) is 4.28. The van der Waals surface area contributed by atoms with Crippen molar-refractivity contribution in [1.82, 2.24) is 10.2 Å². The van der Waals surface area contributed by atoms with Crippen LogP contribution in [-0.4, -0.2) is 31.1 Å². The fraction of sp³-hybridized carbons (Fsp3) is 0.692. The minimum absolute atomic E-state index is 0.571. The van der Waals surface area contributed by atoms with Crippen LogP contribution in [0.3, 0.4) is 0 Å². The minimum Gasteiger partial charge on any atom is -0.305 e. The van der Waals surface area contributed by atoms with Gasteiger partial charge in [0.05, 0.1) is 0 Å². The van der Waals surface area contributed by atoms with Gasteiger partial charge in [-0.05, 0) is 37.9 Å². The molecule has 2 unspecified atom stereocenters. The molecule has 0 saturated carbocycles. The molecule has 90 valence electrons. The lowest BCUT2D eigenvalue weighted by Gasteiger charge is -2.21. The molecule has 0 bridgehead atoms. The Bertz CT molecular complexity index is 297. The van der Waals surface area contributed by atoms with Gasteiger partial charge in [0.25, 0.3) is 0 Å². The lowest BCUT2D eigenvalue weighted by atomic mass is 10.1. The quantitative estimate of drug-likeness (QED) is 0.848. The molecule has 1 aromatic heterocycles. The Morgan fingerprint density at radius 1 is 1.62 bits per heavy atom. The highest BCUT2D eigenvalue weighted by Crippen LogP contribution is 2.24. The summed E-state index contributed by atoms with van der Waals surface area (Å²) < 4.78 is 0. The van der Waals surface area contributed by atoms with Gasteiger partial charge in [-0.2, -0.15) is 0 Å². The second-order valence-corrected chi connectivity index (χ2v) is 5.75. The molecule has 0 amide bonds. The van der Waals surface area contributed by atoms with Gasteiger partial charge in [-0.3, -0.25) is 0 Å². The summed E-state index contributed by atoms with van der Waals surface area (Å²) in [5.74, 6) is 0. The van der Waals surface area contributed by atoms with Gasteiger partial charge >= 0.3 is 0 Å². The minimum atomic E-state index is 0.571. The van der Waals surface area contributed by atoms with Gasteiger partial charge in [0.1, 0.15) is 0 Å². The standard InChI is InChI=1S/C13H22N2S/c1-3-5-12(13-6-4-9-16-13)14-11-7-8-15(2)10-11/h4,6,9,11-12,14H,3,5,7-8,10H2,1-2H3. The molecular weight excluding hydrogens is 216 g/mol. The van der Waals surface area contributed by atoms with Crippen molar-refractivity contribution in [3.05, 3.63) is 22.4 Å². The van der Waals surface area contributed by atoms with Crippen LogP contribution in [0.1, 0.15) is 37.1 Å². The maximum atomic E-state index is 3.82. The van der Waals surface area contributed by atoms with Crippen LogP contribution in [0.25, 0.3) is 0 Å². The van der Waals surface area contributed by atoms with E-state index in [4.69, 9.17) is 0 Å². The van der Waals surface area contributed by atoms with Crippen molar-refractivity contribution < 1.29 is 0 Å². The van der Waals surface area contributed by atoms with E-state index in [0.29, 0.717) is 12.1 Å². The molecule has 1 fully saturated rings. The molecule has 2 rings (SSSR count). The third-order valence-electron chi connectivity index (χ3n) is 3.29. The normalized spacial score (nSPS) is 23.8. The second kappa shape index (κ2) is 5.80. The Balaban J connectivity index is 1.93. The molecule has 2 nitrogen and oxygen atoms in total. The first-order valence-electron chi connectivity index (χ1n) is 6.27. The number of nitrogens with one attached hydrogen (secondary N) is 1. The molecule has 1 aliphatic heterocycles. The summed E-state index contributed by atoms with van der Waals surface area (Å²) in [5.41, 5.74) is 0. The highest BCUT2D eigenvalue weighted by Gasteiger charge is 2.22. The predicted molar refractivity (Wildman–Crippen MR) is 71.0 cm³/mol. The van der Waals surface area contributed by atoms with Crippen molar-refractivity contribution in [1.29, 1.82) is 0 Å². The van der Waals surface area contributed by atoms with E-state index < -0.39 is 0 Å². The zero-order valence-corrected chi connectivity index (χ0v) is 11.1. The Morgan fingerprint density at radius 2 is 2.50 bits per heavy atom. The number of likely N-dealkylation sites (N-methyl/N-ethyl adjacent to an activating group) is 1. The number of likely N-dealkylation sites (tertiary alicyclic amines) is 1. The molecule has 2 atom stereocenters. The van der Waals surface area contributed by atoms with Crippen molar-refractivity contribution in [2.45, 2.75) is 38.3 Å². The first-order chi connectivity index (χ1) is 7.79. The van der Waals surface area contributed by atoms with Crippen molar-refractivity contribution in [3.63, 3.8) is 0 Å². The summed E-state index contributed by atoms with van der Waals surface area (Å²) in [7, 11) is 2.21. The van der Waals surface area contributed by atoms with Crippen LogP contribution >= 0.6 is 11.3 Å². The number of hydrogen-bond donors (Lipinski definition) is 1. The largest absolute Gasteiger partial charge is 0.305 e. The Hall–Kier alpha value is -0.380. The summed E-state index contributed by atoms with van der Waals surface area (Å²) in [6.07, 6.45) is 3.79. The van der Waals surface area contributed by atoms with Crippen molar-refractivity contribution in [3.8, 4) is 0 Å². The third kappa shape index (κ3) is 3.06. The van der Waals surface area contributed by atoms with Crippen LogP contribution in [0.4, 0.5) is 0 Å². The van der Waals surface area contributed by atoms with E-state index in [9.17, 15) is 0 Å². The highest BCUT2D eigenvalue weighted by molar-refractivity contribution is 7.10. The lowest BCUT2D eigenvalue weighted by molar-refractivity contribution is 0.376. The van der Waals surface area contributed by atoms with Crippen LogP contribution in [0.15, 0.2) is 17.5 Å². The maximum Gasteiger partial charge on any atom is 0.0417 e. The smallest absolute Gasteiger partial charge is 0.0417 e. The van der Waals surface area contributed by atoms with Gasteiger partial charge < -0.3 is 10.2 Å². The molecule has 0 aliphatic carbocycles. The number of hydrogen-bond acceptors (Lipinski definition) is 3. The number of rotatable bonds is 5. The molecule has 0 radical (unpaired) electrons. The van der Waals surface area contributed by atoms with E-state index in [0.717, 1.165) is 0 Å². The average Bonchev–Trinajstić information content (AvgIpc) is 2.88. The zero-order chi connectivity index (χ0) is 11.4. The first kappa shape index (κ1) is 12.1. The van der Waals surface area contributed by atoms with Crippen molar-refractivity contribution >= 4 is 11.3 Å². The number of thiophene rings is 1. The Kier molecular flexibility index (Phi) is 4.38. The second-order valence-electron chi connectivity index (χ2n) is 4.77. The molecule has 16 heavy (non-hydrogen) atoms. The zero-order valence-electron chi connectivity index (χ0n) is 10.3. The van der Waals surface area contributed by atoms with E-state index in [1.807, 2.05) is 11.3 Å². The monoisotopic (exact) mass is 238 g/mol. The molecule has 1 aliphatic rings. The van der Waals surface area contributed by atoms with E-state index in [2.05, 4.69) is 41.7 Å². The van der Waals surface area contributed by atoms with Gasteiger partial charge in [0.2, 0.25) is 0 Å². The topological polar surface area (TPSA) is 15.3 Å². The van der Waals surface area contributed by atoms with E-state index in [1.54, 1.807) is 0 Å². The maximum absolute atomic E-state index is 3.82. The fourth-order valence-electron chi connectivity index (χ4n) is 2.44. The Morgan fingerprint density at radius 3 is 3.06 bits per heavy atom. The van der Waals surface area contributed by atoms with Crippen LogP contribution in [0, 0.1) is 0 Å². The van der Waals surface area contributed by atoms with Crippen LogP contribution in [0.5, 0.6) is 0 Å². The lowest BCUT2D eigenvalue weighted by Crippen LogP contribution is -2.34. The summed E-state index contributed by atoms with van der Waals surface area (Å²) >= 11 is 1.88. The van der Waals surface area contributed by atoms with E-state index in [1.165, 1.54) is 37.2 Å². The average molecular weight is 238 g/mol. The van der Waals surface area contributed by atoms with E-state index in [-0.39, 0.29) is 0 Å². The van der Waals surface area contributed by atoms with Gasteiger partial charge in [-0.15, -0.1) is 11.3 Å². The molecule has 1 aromatic rings. The molecule has 0 aromatic carbocycles. The molecule has 1 saturated heterocycles. The van der Waals surface area contributed by atoms with Gasteiger partial charge in [-0.1, -0.05) is 19.4 Å². The van der Waals surface area contributed by atoms with Crippen molar-refractivity contribution in [2.75, 3.05) is 20.1 Å². The summed E-state index contributed by atoms with van der Waals surface area (Å²) in [5, 5.41) is 6.00. The molecule has 1 N–H and O–H groups in total. The first-order valence-corrected chi connectivity index (χ1v) is 7.15. The van der Waals surface area contributed by atoms with E-state index >= 15 is 0 Å². The van der Waals surface area contributed by atoms with Crippen LogP contribution in [-0.2, 0) is 0 Å². The molecule has 2 heterocycles. The number of nitrogens with zero attached hydrogens (tertiary/aromatic N) is 1. The summed E-state index contributed by atoms with van der Waals surface area (Å²) in [4.78, 5) is 3.91. The molecular formula is C13H22N2S. The summed E-state index contributed by atoms with van der Waals surface area (Å²) in [6, 6.07) is 5.67. The van der Waals surface area contributed by atoms with Crippen LogP contribution < -0.4 is 5.32 Å². The molecule has 3 heteroatoms. The fourth-order valence-corrected chi connectivity index (χ4v) is 3.26. The van der Waals surface area contributed by atoms with Gasteiger partial charge in [0, 0.05) is 23.5 Å². The van der Waals surface area contributed by atoms with Gasteiger partial charge in [-0.25, -0.2) is 0 Å². The van der Waals surface area contributed by atoms with Gasteiger partial charge in [0.15, 0.2) is 0 Å². The summed E-state index contributed by atoms with van der Waals surface area (Å²) in [6.45, 7) is 4.70. The highest BCUT2D eigenvalue weighted by atomic mass is 32.1.